The first-order chi connectivity index (χ1) is 7.25. The van der Waals surface area contributed by atoms with Crippen molar-refractivity contribution in [2.45, 2.75) is 6.42 Å². The quantitative estimate of drug-likeness (QED) is 0.235. The second-order valence-electron chi connectivity index (χ2n) is 2.60. The lowest BCUT2D eigenvalue weighted by molar-refractivity contribution is 0.577. The molecule has 0 aliphatic heterocycles. The molecule has 5 heteroatoms. The number of rotatable bonds is 2. The molecule has 0 aliphatic carbocycles. The second kappa shape index (κ2) is 5.63. The first-order valence-electron chi connectivity index (χ1n) is 4.19. The molecule has 76 valence electrons. The number of halogens is 2. The van der Waals surface area contributed by atoms with Crippen LogP contribution in [0.2, 0.25) is 0 Å². The van der Waals surface area contributed by atoms with Gasteiger partial charge in [0, 0.05) is 17.9 Å². The van der Waals surface area contributed by atoms with Gasteiger partial charge in [-0.3, -0.25) is 0 Å². The molecule has 0 heterocycles. The number of azide groups is 1. The van der Waals surface area contributed by atoms with Gasteiger partial charge in [-0.1, -0.05) is 23.0 Å². The molecule has 0 N–H and O–H groups in total. The average molecular weight is 207 g/mol. The van der Waals surface area contributed by atoms with Crippen molar-refractivity contribution >= 4 is 0 Å². The third-order valence-corrected chi connectivity index (χ3v) is 1.58. The Morgan fingerprint density at radius 2 is 2.00 bits per heavy atom. The van der Waals surface area contributed by atoms with Gasteiger partial charge in [0.2, 0.25) is 0 Å². The fraction of sp³-hybridized carbons (Fsp3) is 0.200. The first kappa shape index (κ1) is 11.0. The van der Waals surface area contributed by atoms with Crippen molar-refractivity contribution in [1.29, 1.82) is 0 Å². The van der Waals surface area contributed by atoms with E-state index in [-0.39, 0.29) is 18.5 Å². The molecule has 1 aromatic carbocycles. The van der Waals surface area contributed by atoms with Crippen molar-refractivity contribution in [2.75, 3.05) is 6.54 Å². The molecule has 0 unspecified atom stereocenters. The zero-order valence-electron chi connectivity index (χ0n) is 7.74. The molecule has 3 nitrogen and oxygen atoms in total. The summed E-state index contributed by atoms with van der Waals surface area (Å²) in [5.74, 6) is 3.50. The summed E-state index contributed by atoms with van der Waals surface area (Å²) in [6, 6.07) is 3.55. The van der Waals surface area contributed by atoms with Crippen molar-refractivity contribution in [2.24, 2.45) is 5.11 Å². The van der Waals surface area contributed by atoms with E-state index < -0.39 is 11.6 Å². The maximum absolute atomic E-state index is 13.0. The molecule has 0 fully saturated rings. The summed E-state index contributed by atoms with van der Waals surface area (Å²) in [7, 11) is 0. The van der Waals surface area contributed by atoms with E-state index >= 15 is 0 Å². The Morgan fingerprint density at radius 3 is 2.60 bits per heavy atom. The maximum atomic E-state index is 13.0. The van der Waals surface area contributed by atoms with Crippen LogP contribution in [0.5, 0.6) is 0 Å². The Kier molecular flexibility index (Phi) is 4.14. The van der Waals surface area contributed by atoms with Crippen molar-refractivity contribution in [3.05, 3.63) is 45.8 Å². The van der Waals surface area contributed by atoms with Gasteiger partial charge in [-0.2, -0.15) is 0 Å². The number of hydrogen-bond acceptors (Lipinski definition) is 1. The van der Waals surface area contributed by atoms with E-state index in [1.54, 1.807) is 0 Å². The second-order valence-corrected chi connectivity index (χ2v) is 2.60. The van der Waals surface area contributed by atoms with Crippen LogP contribution in [-0.4, -0.2) is 6.54 Å². The van der Waals surface area contributed by atoms with Crippen LogP contribution in [0.3, 0.4) is 0 Å². The molecule has 1 aromatic rings. The maximum Gasteiger partial charge on any atom is 0.141 e. The minimum absolute atomic E-state index is 0.194. The van der Waals surface area contributed by atoms with Crippen LogP contribution in [0.25, 0.3) is 10.4 Å². The van der Waals surface area contributed by atoms with E-state index in [9.17, 15) is 8.78 Å². The Bertz CT molecular complexity index is 433. The van der Waals surface area contributed by atoms with Crippen LogP contribution < -0.4 is 0 Å². The molecule has 1 rings (SSSR count). The van der Waals surface area contributed by atoms with Gasteiger partial charge in [0.15, 0.2) is 0 Å². The van der Waals surface area contributed by atoms with Gasteiger partial charge in [0.05, 0.1) is 5.56 Å². The monoisotopic (exact) mass is 207 g/mol. The van der Waals surface area contributed by atoms with E-state index in [2.05, 4.69) is 21.9 Å². The smallest absolute Gasteiger partial charge is 0.141 e. The van der Waals surface area contributed by atoms with Crippen LogP contribution in [0, 0.1) is 23.5 Å². The Morgan fingerprint density at radius 1 is 1.33 bits per heavy atom. The van der Waals surface area contributed by atoms with Crippen LogP contribution in [0.1, 0.15) is 12.0 Å². The third-order valence-electron chi connectivity index (χ3n) is 1.58. The molecule has 0 spiro atoms. The van der Waals surface area contributed by atoms with Crippen LogP contribution in [0.15, 0.2) is 23.3 Å². The molecule has 0 saturated carbocycles. The summed E-state index contributed by atoms with van der Waals surface area (Å²) >= 11 is 0. The van der Waals surface area contributed by atoms with Crippen LogP contribution >= 0.6 is 0 Å². The van der Waals surface area contributed by atoms with Gasteiger partial charge in [-0.05, 0) is 17.7 Å². The van der Waals surface area contributed by atoms with E-state index in [4.69, 9.17) is 5.53 Å². The van der Waals surface area contributed by atoms with Crippen LogP contribution in [0.4, 0.5) is 8.78 Å². The normalized spacial score (nSPS) is 8.67. The fourth-order valence-corrected chi connectivity index (χ4v) is 0.919. The summed E-state index contributed by atoms with van der Waals surface area (Å²) in [4.78, 5) is 2.52. The number of hydrogen-bond donors (Lipinski definition) is 0. The molecule has 0 radical (unpaired) electrons. The van der Waals surface area contributed by atoms with Crippen molar-refractivity contribution < 1.29 is 8.78 Å². The van der Waals surface area contributed by atoms with Crippen LogP contribution in [-0.2, 0) is 0 Å². The summed E-state index contributed by atoms with van der Waals surface area (Å²) in [5.41, 5.74) is 7.71. The zero-order valence-corrected chi connectivity index (χ0v) is 7.74. The fourth-order valence-electron chi connectivity index (χ4n) is 0.919. The minimum Gasteiger partial charge on any atom is -0.206 e. The SMILES string of the molecule is [N-]=[N+]=NCCC#Cc1c(F)cccc1F. The Hall–Kier alpha value is -2.05. The van der Waals surface area contributed by atoms with Crippen molar-refractivity contribution in [3.8, 4) is 11.8 Å². The summed E-state index contributed by atoms with van der Waals surface area (Å²) in [5, 5.41) is 3.24. The summed E-state index contributed by atoms with van der Waals surface area (Å²) in [6.45, 7) is 0.194. The lowest BCUT2D eigenvalue weighted by Gasteiger charge is -1.94. The average Bonchev–Trinajstić information content (AvgIpc) is 2.21. The zero-order chi connectivity index (χ0) is 11.1. The van der Waals surface area contributed by atoms with Crippen molar-refractivity contribution in [1.82, 2.24) is 0 Å². The number of nitrogens with zero attached hydrogens (tertiary/aromatic N) is 3. The molecule has 0 aliphatic rings. The molecular formula is C10H7F2N3. The van der Waals surface area contributed by atoms with Gasteiger partial charge in [0.1, 0.15) is 11.6 Å². The third kappa shape index (κ3) is 3.29. The highest BCUT2D eigenvalue weighted by molar-refractivity contribution is 5.36. The molecule has 0 saturated heterocycles. The molecular weight excluding hydrogens is 200 g/mol. The van der Waals surface area contributed by atoms with E-state index in [1.807, 2.05) is 0 Å². The molecule has 0 bridgehead atoms. The topological polar surface area (TPSA) is 48.8 Å². The highest BCUT2D eigenvalue weighted by atomic mass is 19.1. The molecule has 0 atom stereocenters. The molecule has 0 amide bonds. The Balaban J connectivity index is 2.75. The van der Waals surface area contributed by atoms with E-state index in [0.717, 1.165) is 12.1 Å². The lowest BCUT2D eigenvalue weighted by atomic mass is 10.2. The molecule has 15 heavy (non-hydrogen) atoms. The predicted octanol–water partition coefficient (Wildman–Crippen LogP) is 3.02. The summed E-state index contributed by atoms with van der Waals surface area (Å²) < 4.78 is 26.0. The number of benzene rings is 1. The predicted molar refractivity (Wildman–Crippen MR) is 51.9 cm³/mol. The highest BCUT2D eigenvalue weighted by Gasteiger charge is 2.03. The van der Waals surface area contributed by atoms with Crippen molar-refractivity contribution in [3.63, 3.8) is 0 Å². The highest BCUT2D eigenvalue weighted by Crippen LogP contribution is 2.09. The van der Waals surface area contributed by atoms with Gasteiger partial charge in [-0.15, -0.1) is 0 Å². The summed E-state index contributed by atoms with van der Waals surface area (Å²) in [6.07, 6.45) is 0.276. The minimum atomic E-state index is -0.689. The van der Waals surface area contributed by atoms with Gasteiger partial charge >= 0.3 is 0 Å². The van der Waals surface area contributed by atoms with Gasteiger partial charge < -0.3 is 0 Å². The van der Waals surface area contributed by atoms with E-state index in [0.29, 0.717) is 0 Å². The van der Waals surface area contributed by atoms with Gasteiger partial charge in [0.25, 0.3) is 0 Å². The lowest BCUT2D eigenvalue weighted by Crippen LogP contribution is -1.88. The van der Waals surface area contributed by atoms with Gasteiger partial charge in [-0.25, -0.2) is 8.78 Å². The van der Waals surface area contributed by atoms with E-state index in [1.165, 1.54) is 6.07 Å². The molecule has 0 aromatic heterocycles. The Labute approximate surface area is 85.4 Å². The standard InChI is InChI=1S/C10H7F2N3/c11-9-5-3-6-10(12)8(9)4-1-2-7-14-15-13/h3,5-6H,2,7H2. The largest absolute Gasteiger partial charge is 0.206 e. The first-order valence-corrected chi connectivity index (χ1v) is 4.19.